The minimum absolute atomic E-state index is 0.0180. The van der Waals surface area contributed by atoms with Crippen molar-refractivity contribution in [3.63, 3.8) is 0 Å². The van der Waals surface area contributed by atoms with E-state index in [1.165, 1.54) is 51.4 Å². The van der Waals surface area contributed by atoms with Gasteiger partial charge in [-0.1, -0.05) is 61.0 Å². The minimum Gasteiger partial charge on any atom is -0.469 e. The lowest BCUT2D eigenvalue weighted by molar-refractivity contribution is -0.246. The molecule has 0 bridgehead atoms. The van der Waals surface area contributed by atoms with Gasteiger partial charge >= 0.3 is 5.97 Å². The summed E-state index contributed by atoms with van der Waals surface area (Å²) in [5.74, 6) is 2.62. The van der Waals surface area contributed by atoms with Crippen molar-refractivity contribution in [1.82, 2.24) is 0 Å². The van der Waals surface area contributed by atoms with Crippen molar-refractivity contribution < 1.29 is 14.6 Å². The topological polar surface area (TPSA) is 46.5 Å². The second kappa shape index (κ2) is 10.4. The molecule has 36 heavy (non-hydrogen) atoms. The van der Waals surface area contributed by atoms with Gasteiger partial charge in [0.05, 0.1) is 18.6 Å². The second-order valence-corrected chi connectivity index (χ2v) is 14.1. The molecule has 0 aromatic carbocycles. The van der Waals surface area contributed by atoms with Crippen molar-refractivity contribution in [3.8, 4) is 0 Å². The van der Waals surface area contributed by atoms with E-state index in [4.69, 9.17) is 4.74 Å². The number of aliphatic hydroxyl groups excluding tert-OH is 1. The zero-order valence-corrected chi connectivity index (χ0v) is 25.2. The van der Waals surface area contributed by atoms with E-state index in [2.05, 4.69) is 41.2 Å². The zero-order chi connectivity index (χ0) is 27.2. The highest BCUT2D eigenvalue weighted by molar-refractivity contribution is 5.78. The summed E-state index contributed by atoms with van der Waals surface area (Å²) < 4.78 is 5.40. The Morgan fingerprint density at radius 2 is 1.47 bits per heavy atom. The molecule has 5 rings (SSSR count). The Morgan fingerprint density at radius 3 is 2.08 bits per heavy atom. The largest absolute Gasteiger partial charge is 0.469 e. The van der Waals surface area contributed by atoms with Gasteiger partial charge in [0.1, 0.15) is 0 Å². The van der Waals surface area contributed by atoms with Crippen LogP contribution in [0.3, 0.4) is 0 Å². The van der Waals surface area contributed by atoms with Crippen LogP contribution in [-0.4, -0.2) is 24.3 Å². The molecule has 0 aliphatic heterocycles. The molecule has 3 heteroatoms. The number of esters is 1. The van der Waals surface area contributed by atoms with Gasteiger partial charge in [0.15, 0.2) is 0 Å². The van der Waals surface area contributed by atoms with Gasteiger partial charge in [0, 0.05) is 0 Å². The molecule has 0 amide bonds. The molecule has 0 heterocycles. The molecule has 5 aliphatic carbocycles. The lowest BCUT2D eigenvalue weighted by Crippen LogP contribution is -2.66. The smallest absolute Gasteiger partial charge is 0.312 e. The maximum absolute atomic E-state index is 13.0. The number of methoxy groups -OCH3 is 1. The van der Waals surface area contributed by atoms with Gasteiger partial charge in [0.2, 0.25) is 0 Å². The molecule has 5 fully saturated rings. The fourth-order valence-electron chi connectivity index (χ4n) is 11.1. The molecule has 5 saturated carbocycles. The molecular formula is C33H58O3. The molecule has 3 nitrogen and oxygen atoms in total. The molecule has 0 radical (unpaired) electrons. The number of fused-ring (bicyclic) bond motifs is 7. The van der Waals surface area contributed by atoms with Crippen LogP contribution in [-0.2, 0) is 9.53 Å². The Hall–Kier alpha value is -0.830. The third-order valence-corrected chi connectivity index (χ3v) is 12.9. The summed E-state index contributed by atoms with van der Waals surface area (Å²) in [5.41, 5.74) is 0.807. The highest BCUT2D eigenvalue weighted by atomic mass is 16.5. The number of allylic oxidation sites excluding steroid dienone is 1. The van der Waals surface area contributed by atoms with Crippen LogP contribution >= 0.6 is 0 Å². The van der Waals surface area contributed by atoms with E-state index in [9.17, 15) is 9.90 Å². The molecule has 0 aromatic rings. The highest BCUT2D eigenvalue weighted by Crippen LogP contribution is 2.76. The highest BCUT2D eigenvalue weighted by Gasteiger charge is 2.70. The summed E-state index contributed by atoms with van der Waals surface area (Å²) >= 11 is 0. The van der Waals surface area contributed by atoms with Crippen molar-refractivity contribution in [2.45, 2.75) is 132 Å². The van der Waals surface area contributed by atoms with E-state index in [0.29, 0.717) is 34.0 Å². The normalized spacial score (nSPS) is 48.2. The monoisotopic (exact) mass is 502 g/mol. The van der Waals surface area contributed by atoms with Crippen molar-refractivity contribution in [3.05, 3.63) is 12.7 Å². The van der Waals surface area contributed by atoms with Gasteiger partial charge in [-0.25, -0.2) is 0 Å². The van der Waals surface area contributed by atoms with Crippen LogP contribution < -0.4 is 0 Å². The first kappa shape index (κ1) is 29.7. The molecule has 5 aliphatic rings. The van der Waals surface area contributed by atoms with Gasteiger partial charge in [-0.05, 0) is 116 Å². The van der Waals surface area contributed by atoms with Gasteiger partial charge in [-0.15, -0.1) is 6.58 Å². The lowest BCUT2D eigenvalue weighted by Gasteiger charge is -2.72. The fraction of sp³-hybridized carbons (Fsp3) is 0.909. The Kier molecular flexibility index (Phi) is 8.57. The second-order valence-electron chi connectivity index (χ2n) is 14.1. The Morgan fingerprint density at radius 1 is 0.833 bits per heavy atom. The number of ether oxygens (including phenoxy) is 1. The van der Waals surface area contributed by atoms with Crippen LogP contribution in [0.15, 0.2) is 12.7 Å². The van der Waals surface area contributed by atoms with E-state index < -0.39 is 0 Å². The van der Waals surface area contributed by atoms with Gasteiger partial charge in [-0.3, -0.25) is 4.79 Å². The van der Waals surface area contributed by atoms with Crippen LogP contribution in [0.2, 0.25) is 0 Å². The first-order valence-corrected chi connectivity index (χ1v) is 15.2. The first-order valence-electron chi connectivity index (χ1n) is 15.2. The SMILES string of the molecule is C=CC.CC.COC(=O)C12CCCC1C1CCC3C4(C)CCC(O)C(C)(C)C4CCC3(C)[C@]1(C)CC2. The van der Waals surface area contributed by atoms with Crippen molar-refractivity contribution in [2.75, 3.05) is 7.11 Å². The van der Waals surface area contributed by atoms with E-state index in [0.717, 1.165) is 25.2 Å². The molecular weight excluding hydrogens is 444 g/mol. The number of hydrogen-bond acceptors (Lipinski definition) is 3. The van der Waals surface area contributed by atoms with Crippen LogP contribution in [0.5, 0.6) is 0 Å². The molecule has 8 unspecified atom stereocenters. The average Bonchev–Trinajstić information content (AvgIpc) is 3.29. The number of carbonyl (C=O) groups excluding carboxylic acids is 1. The van der Waals surface area contributed by atoms with Crippen molar-refractivity contribution >= 4 is 5.97 Å². The molecule has 1 N–H and O–H groups in total. The Balaban J connectivity index is 0.000000674. The van der Waals surface area contributed by atoms with Gasteiger partial charge in [0.25, 0.3) is 0 Å². The van der Waals surface area contributed by atoms with Gasteiger partial charge < -0.3 is 9.84 Å². The Bertz CT molecular complexity index is 803. The first-order chi connectivity index (χ1) is 16.9. The standard InChI is InChI=1S/C28H46O3.C3H6.C2H6/c1-24(2)20-11-15-27(5)21(25(20,3)14-12-22(24)29)10-9-18-19-8-7-13-28(19,23(30)31-6)17-16-26(18,27)4;1-3-2;1-2/h18-22,29H,7-17H2,1-6H3;3H,1H2,2H3;1-2H3/t18?,19?,20?,21?,22?,25?,26-,27?,28?;;/m1../s1. The summed E-state index contributed by atoms with van der Waals surface area (Å²) in [6.07, 6.45) is 14.5. The fourth-order valence-corrected chi connectivity index (χ4v) is 11.1. The number of carbonyl (C=O) groups is 1. The van der Waals surface area contributed by atoms with Crippen LogP contribution in [0.1, 0.15) is 126 Å². The third kappa shape index (κ3) is 3.95. The minimum atomic E-state index is -0.194. The van der Waals surface area contributed by atoms with Crippen LogP contribution in [0, 0.1) is 50.7 Å². The summed E-state index contributed by atoms with van der Waals surface area (Å²) in [7, 11) is 1.60. The quantitative estimate of drug-likeness (QED) is 0.288. The molecule has 208 valence electrons. The zero-order valence-electron chi connectivity index (χ0n) is 25.2. The summed E-state index contributed by atoms with van der Waals surface area (Å²) in [4.78, 5) is 13.0. The molecule has 0 spiro atoms. The van der Waals surface area contributed by atoms with Gasteiger partial charge in [-0.2, -0.15) is 0 Å². The summed E-state index contributed by atoms with van der Waals surface area (Å²) in [6, 6.07) is 0. The number of aliphatic hydroxyl groups is 1. The Labute approximate surface area is 223 Å². The lowest BCUT2D eigenvalue weighted by atomic mass is 9.32. The van der Waals surface area contributed by atoms with E-state index >= 15 is 0 Å². The number of rotatable bonds is 1. The van der Waals surface area contributed by atoms with E-state index in [-0.39, 0.29) is 22.9 Å². The summed E-state index contributed by atoms with van der Waals surface area (Å²) in [5, 5.41) is 10.9. The van der Waals surface area contributed by atoms with Crippen molar-refractivity contribution in [1.29, 1.82) is 0 Å². The maximum Gasteiger partial charge on any atom is 0.312 e. The third-order valence-electron chi connectivity index (χ3n) is 12.9. The number of hydrogen-bond donors (Lipinski definition) is 1. The van der Waals surface area contributed by atoms with E-state index in [1.807, 2.05) is 20.8 Å². The van der Waals surface area contributed by atoms with E-state index in [1.54, 1.807) is 13.2 Å². The van der Waals surface area contributed by atoms with Crippen LogP contribution in [0.25, 0.3) is 0 Å². The van der Waals surface area contributed by atoms with Crippen LogP contribution in [0.4, 0.5) is 0 Å². The average molecular weight is 503 g/mol. The predicted octanol–water partition coefficient (Wildman–Crippen LogP) is 8.59. The molecule has 9 atom stereocenters. The summed E-state index contributed by atoms with van der Waals surface area (Å²) in [6.45, 7) is 21.8. The molecule has 0 aromatic heterocycles. The maximum atomic E-state index is 13.0. The predicted molar refractivity (Wildman–Crippen MR) is 151 cm³/mol. The molecule has 0 saturated heterocycles. The van der Waals surface area contributed by atoms with Crippen molar-refractivity contribution in [2.24, 2.45) is 50.7 Å².